The Bertz CT molecular complexity index is 1780. The maximum Gasteiger partial charge on any atom is 0.264 e. The third-order valence-electron chi connectivity index (χ3n) is 6.77. The highest BCUT2D eigenvalue weighted by Crippen LogP contribution is 2.34. The molecule has 0 saturated carbocycles. The Labute approximate surface area is 238 Å². The van der Waals surface area contributed by atoms with Gasteiger partial charge in [-0.3, -0.25) is 14.0 Å². The number of sulfonamides is 1. The normalized spacial score (nSPS) is 13.9. The monoisotopic (exact) mass is 598 g/mol. The molecule has 0 bridgehead atoms. The molecule has 5 rings (SSSR count). The van der Waals surface area contributed by atoms with E-state index >= 15 is 0 Å². The van der Waals surface area contributed by atoms with Crippen molar-refractivity contribution in [1.29, 1.82) is 0 Å². The van der Waals surface area contributed by atoms with Crippen LogP contribution >= 0.6 is 11.3 Å². The van der Waals surface area contributed by atoms with Crippen molar-refractivity contribution in [3.05, 3.63) is 77.9 Å². The first-order valence-corrected chi connectivity index (χ1v) is 16.9. The largest absolute Gasteiger partial charge is 0.308 e. The van der Waals surface area contributed by atoms with Gasteiger partial charge in [-0.15, -0.1) is 0 Å². The number of nitrogens with zero attached hydrogens (tertiary/aromatic N) is 4. The fourth-order valence-electron chi connectivity index (χ4n) is 4.71. The van der Waals surface area contributed by atoms with Crippen LogP contribution < -0.4 is 9.21 Å². The summed E-state index contributed by atoms with van der Waals surface area (Å²) in [6.07, 6.45) is 2.70. The number of amides is 1. The van der Waals surface area contributed by atoms with E-state index in [0.717, 1.165) is 24.7 Å². The van der Waals surface area contributed by atoms with E-state index in [9.17, 15) is 21.6 Å². The summed E-state index contributed by atoms with van der Waals surface area (Å²) in [6.45, 7) is 1.25. The van der Waals surface area contributed by atoms with Crippen molar-refractivity contribution in [2.75, 3.05) is 49.2 Å². The van der Waals surface area contributed by atoms with E-state index in [1.165, 1.54) is 50.9 Å². The van der Waals surface area contributed by atoms with Crippen LogP contribution in [0.1, 0.15) is 22.3 Å². The van der Waals surface area contributed by atoms with Gasteiger partial charge < -0.3 is 4.90 Å². The van der Waals surface area contributed by atoms with E-state index in [-0.39, 0.29) is 15.7 Å². The summed E-state index contributed by atoms with van der Waals surface area (Å²) in [5, 5.41) is 0.375. The zero-order chi connectivity index (χ0) is 28.7. The number of aromatic nitrogens is 1. The van der Waals surface area contributed by atoms with Gasteiger partial charge in [0.15, 0.2) is 15.0 Å². The lowest BCUT2D eigenvalue weighted by atomic mass is 10.0. The van der Waals surface area contributed by atoms with E-state index in [2.05, 4.69) is 4.98 Å². The highest BCUT2D eigenvalue weighted by Gasteiger charge is 2.30. The third kappa shape index (κ3) is 5.49. The zero-order valence-electron chi connectivity index (χ0n) is 22.4. The molecule has 1 amide bonds. The number of anilines is 2. The summed E-state index contributed by atoms with van der Waals surface area (Å²) >= 11 is 1.24. The molecule has 2 heterocycles. The van der Waals surface area contributed by atoms with Crippen LogP contribution in [-0.2, 0) is 26.3 Å². The summed E-state index contributed by atoms with van der Waals surface area (Å²) in [5.74, 6) is -0.353. The van der Waals surface area contributed by atoms with E-state index in [0.29, 0.717) is 46.2 Å². The Morgan fingerprint density at radius 1 is 0.950 bits per heavy atom. The topological polar surface area (TPSA) is 108 Å². The van der Waals surface area contributed by atoms with Gasteiger partial charge in [0.05, 0.1) is 20.2 Å². The van der Waals surface area contributed by atoms with Crippen LogP contribution in [0.15, 0.2) is 76.5 Å². The summed E-state index contributed by atoms with van der Waals surface area (Å²) < 4.78 is 53.8. The molecule has 0 radical (unpaired) electrons. The molecule has 0 aliphatic carbocycles. The number of likely N-dealkylation sites (N-methyl/N-ethyl adjacent to an activating group) is 1. The molecule has 40 heavy (non-hydrogen) atoms. The standard InChI is InChI=1S/C28H30N4O5S3/c1-30(2)18-19-31(28-29-26-24(38-28)11-6-12-25(26)39(3,34)35)27(33)21-13-15-22(16-14-21)40(36,37)32-17-7-9-20-8-4-5-10-23(20)32/h4-6,8,10-16H,7,9,17-19H2,1-3H3. The lowest BCUT2D eigenvalue weighted by molar-refractivity contribution is 0.0985. The number of thiazole rings is 1. The third-order valence-corrected chi connectivity index (χ3v) is 10.8. The van der Waals surface area contributed by atoms with Crippen LogP contribution in [0.2, 0.25) is 0 Å². The first-order valence-electron chi connectivity index (χ1n) is 12.7. The first kappa shape index (κ1) is 28.2. The van der Waals surface area contributed by atoms with Gasteiger partial charge in [-0.25, -0.2) is 21.8 Å². The molecule has 0 spiro atoms. The van der Waals surface area contributed by atoms with Gasteiger partial charge in [0, 0.05) is 31.5 Å². The molecule has 0 N–H and O–H groups in total. The molecule has 0 atom stereocenters. The van der Waals surface area contributed by atoms with Gasteiger partial charge in [0.25, 0.3) is 15.9 Å². The second-order valence-electron chi connectivity index (χ2n) is 9.97. The SMILES string of the molecule is CN(C)CCN(C(=O)c1ccc(S(=O)(=O)N2CCCc3ccccc32)cc1)c1nc2c(S(C)(=O)=O)cccc2s1. The lowest BCUT2D eigenvalue weighted by Crippen LogP contribution is -2.37. The van der Waals surface area contributed by atoms with E-state index in [1.54, 1.807) is 12.1 Å². The molecule has 9 nitrogen and oxygen atoms in total. The maximum absolute atomic E-state index is 13.7. The number of para-hydroxylation sites is 2. The molecule has 1 aromatic heterocycles. The van der Waals surface area contributed by atoms with Crippen molar-refractivity contribution in [2.24, 2.45) is 0 Å². The van der Waals surface area contributed by atoms with Crippen LogP contribution in [0.5, 0.6) is 0 Å². The molecule has 1 aliphatic heterocycles. The summed E-state index contributed by atoms with van der Waals surface area (Å²) in [5.41, 5.74) is 2.32. The Morgan fingerprint density at radius 3 is 2.38 bits per heavy atom. The van der Waals surface area contributed by atoms with E-state index in [1.807, 2.05) is 43.3 Å². The number of hydrogen-bond donors (Lipinski definition) is 0. The van der Waals surface area contributed by atoms with Crippen molar-refractivity contribution in [3.8, 4) is 0 Å². The van der Waals surface area contributed by atoms with Crippen molar-refractivity contribution in [3.63, 3.8) is 0 Å². The van der Waals surface area contributed by atoms with Gasteiger partial charge >= 0.3 is 0 Å². The number of carbonyl (C=O) groups is 1. The van der Waals surface area contributed by atoms with E-state index < -0.39 is 19.9 Å². The predicted octanol–water partition coefficient (Wildman–Crippen LogP) is 4.05. The minimum atomic E-state index is -3.81. The van der Waals surface area contributed by atoms with Crippen molar-refractivity contribution in [1.82, 2.24) is 9.88 Å². The minimum Gasteiger partial charge on any atom is -0.308 e. The van der Waals surface area contributed by atoms with Crippen molar-refractivity contribution in [2.45, 2.75) is 22.6 Å². The fourth-order valence-corrected chi connectivity index (χ4v) is 8.17. The molecule has 4 aromatic rings. The average Bonchev–Trinajstić information content (AvgIpc) is 3.36. The number of fused-ring (bicyclic) bond motifs is 2. The number of benzene rings is 3. The predicted molar refractivity (Wildman–Crippen MR) is 159 cm³/mol. The molecule has 0 unspecified atom stereocenters. The van der Waals surface area contributed by atoms with Gasteiger partial charge in [0.2, 0.25) is 0 Å². The molecule has 0 fully saturated rings. The first-order chi connectivity index (χ1) is 19.0. The Morgan fingerprint density at radius 2 is 1.68 bits per heavy atom. The number of aryl methyl sites for hydroxylation is 1. The highest BCUT2D eigenvalue weighted by molar-refractivity contribution is 7.92. The number of hydrogen-bond acceptors (Lipinski definition) is 8. The number of rotatable bonds is 8. The zero-order valence-corrected chi connectivity index (χ0v) is 24.9. The number of carbonyl (C=O) groups excluding carboxylic acids is 1. The quantitative estimate of drug-likeness (QED) is 0.301. The summed E-state index contributed by atoms with van der Waals surface area (Å²) in [7, 11) is -3.55. The van der Waals surface area contributed by atoms with Crippen LogP contribution in [0.25, 0.3) is 10.2 Å². The van der Waals surface area contributed by atoms with Gasteiger partial charge in [0.1, 0.15) is 5.52 Å². The smallest absolute Gasteiger partial charge is 0.264 e. The van der Waals surface area contributed by atoms with Gasteiger partial charge in [-0.05, 0) is 75.0 Å². The Hall–Kier alpha value is -3.32. The minimum absolute atomic E-state index is 0.110. The van der Waals surface area contributed by atoms with Crippen LogP contribution in [0, 0.1) is 0 Å². The molecular weight excluding hydrogens is 569 g/mol. The lowest BCUT2D eigenvalue weighted by Gasteiger charge is -2.30. The molecule has 12 heteroatoms. The summed E-state index contributed by atoms with van der Waals surface area (Å²) in [4.78, 5) is 22.0. The molecular formula is C28H30N4O5S3. The second-order valence-corrected chi connectivity index (χ2v) is 14.8. The molecule has 1 aliphatic rings. The van der Waals surface area contributed by atoms with Gasteiger partial charge in [-0.1, -0.05) is 35.6 Å². The van der Waals surface area contributed by atoms with Crippen molar-refractivity contribution >= 4 is 58.1 Å². The number of sulfone groups is 1. The Balaban J connectivity index is 1.47. The maximum atomic E-state index is 13.7. The van der Waals surface area contributed by atoms with Crippen molar-refractivity contribution < 1.29 is 21.6 Å². The average molecular weight is 599 g/mol. The molecule has 3 aromatic carbocycles. The van der Waals surface area contributed by atoms with Gasteiger partial charge in [-0.2, -0.15) is 0 Å². The van der Waals surface area contributed by atoms with Crippen LogP contribution in [0.4, 0.5) is 10.8 Å². The molecule has 0 saturated heterocycles. The molecule has 210 valence electrons. The second kappa shape index (κ2) is 10.9. The highest BCUT2D eigenvalue weighted by atomic mass is 32.2. The fraction of sp³-hybridized carbons (Fsp3) is 0.286. The van der Waals surface area contributed by atoms with Crippen LogP contribution in [-0.4, -0.2) is 72.6 Å². The van der Waals surface area contributed by atoms with Crippen LogP contribution in [0.3, 0.4) is 0 Å². The Kier molecular flexibility index (Phi) is 7.71. The summed E-state index contributed by atoms with van der Waals surface area (Å²) in [6, 6.07) is 18.4. The van der Waals surface area contributed by atoms with E-state index in [4.69, 9.17) is 0 Å².